The fourth-order valence-corrected chi connectivity index (χ4v) is 2.52. The van der Waals surface area contributed by atoms with Crippen molar-refractivity contribution >= 4 is 40.1 Å². The fourth-order valence-electron chi connectivity index (χ4n) is 2.29. The molecule has 1 aromatic heterocycles. The molecule has 1 heterocycles. The van der Waals surface area contributed by atoms with E-state index in [2.05, 4.69) is 10.5 Å². The number of halogens is 1. The monoisotopic (exact) mass is 374 g/mol. The summed E-state index contributed by atoms with van der Waals surface area (Å²) >= 11 is 6.14. The minimum absolute atomic E-state index is 0.257. The number of carbonyl (C=O) groups excluding carboxylic acids is 2. The Morgan fingerprint density at radius 1 is 1.15 bits per heavy atom. The number of nitrogens with zero attached hydrogens (tertiary/aromatic N) is 1. The van der Waals surface area contributed by atoms with Crippen molar-refractivity contribution in [2.24, 2.45) is 0 Å². The number of hydrogen-bond acceptors (Lipinski definition) is 6. The van der Waals surface area contributed by atoms with Crippen LogP contribution in [0.5, 0.6) is 5.75 Å². The van der Waals surface area contributed by atoms with Crippen molar-refractivity contribution in [2.45, 2.75) is 6.92 Å². The summed E-state index contributed by atoms with van der Waals surface area (Å²) in [6, 6.07) is 12.3. The Kier molecular flexibility index (Phi) is 5.38. The highest BCUT2D eigenvalue weighted by atomic mass is 35.5. The normalized spacial score (nSPS) is 10.5. The van der Waals surface area contributed by atoms with Gasteiger partial charge in [0.2, 0.25) is 0 Å². The van der Waals surface area contributed by atoms with Gasteiger partial charge >= 0.3 is 5.97 Å². The molecule has 134 valence electrons. The first kappa shape index (κ1) is 17.8. The molecule has 0 radical (unpaired) electrons. The molecule has 8 heteroatoms. The third-order valence-corrected chi connectivity index (χ3v) is 3.77. The van der Waals surface area contributed by atoms with E-state index in [9.17, 15) is 9.59 Å². The number of esters is 1. The molecule has 1 N–H and O–H groups in total. The van der Waals surface area contributed by atoms with Crippen LogP contribution >= 0.6 is 11.6 Å². The van der Waals surface area contributed by atoms with E-state index in [-0.39, 0.29) is 12.4 Å². The summed E-state index contributed by atoms with van der Waals surface area (Å²) < 4.78 is 15.2. The maximum atomic E-state index is 11.8. The lowest BCUT2D eigenvalue weighted by molar-refractivity contribution is -0.149. The number of fused-ring (bicyclic) bond motifs is 1. The van der Waals surface area contributed by atoms with E-state index in [0.717, 1.165) is 10.8 Å². The summed E-state index contributed by atoms with van der Waals surface area (Å²) in [5.41, 5.74) is 0. The second-order valence-electron chi connectivity index (χ2n) is 5.41. The molecule has 0 aliphatic rings. The van der Waals surface area contributed by atoms with Crippen molar-refractivity contribution in [2.75, 3.05) is 18.5 Å². The molecule has 3 aromatic rings. The Bertz CT molecular complexity index is 954. The highest BCUT2D eigenvalue weighted by Gasteiger charge is 2.12. The molecule has 0 saturated heterocycles. The van der Waals surface area contributed by atoms with E-state index >= 15 is 0 Å². The molecule has 2 aromatic carbocycles. The van der Waals surface area contributed by atoms with Gasteiger partial charge in [0.15, 0.2) is 19.0 Å². The van der Waals surface area contributed by atoms with Gasteiger partial charge in [0.05, 0.1) is 0 Å². The predicted molar refractivity (Wildman–Crippen MR) is 95.3 cm³/mol. The van der Waals surface area contributed by atoms with Gasteiger partial charge in [-0.15, -0.1) is 0 Å². The van der Waals surface area contributed by atoms with E-state index < -0.39 is 18.5 Å². The second-order valence-corrected chi connectivity index (χ2v) is 5.82. The summed E-state index contributed by atoms with van der Waals surface area (Å²) in [5.74, 6) is 0.122. The molecule has 26 heavy (non-hydrogen) atoms. The molecule has 0 bridgehead atoms. The first-order chi connectivity index (χ1) is 12.5. The molecule has 0 atom stereocenters. The molecular weight excluding hydrogens is 360 g/mol. The number of hydrogen-bond donors (Lipinski definition) is 1. The van der Waals surface area contributed by atoms with Crippen LogP contribution in [0.15, 0.2) is 47.0 Å². The number of carbonyl (C=O) groups is 2. The molecular formula is C18H15ClN2O5. The van der Waals surface area contributed by atoms with Gasteiger partial charge in [-0.25, -0.2) is 4.79 Å². The van der Waals surface area contributed by atoms with Gasteiger partial charge in [0, 0.05) is 21.9 Å². The maximum absolute atomic E-state index is 11.8. The van der Waals surface area contributed by atoms with Gasteiger partial charge in [0.1, 0.15) is 11.5 Å². The largest absolute Gasteiger partial charge is 0.481 e. The Labute approximate surface area is 153 Å². The van der Waals surface area contributed by atoms with Crippen molar-refractivity contribution in [1.29, 1.82) is 0 Å². The van der Waals surface area contributed by atoms with Crippen molar-refractivity contribution in [1.82, 2.24) is 5.16 Å². The summed E-state index contributed by atoms with van der Waals surface area (Å²) in [6.45, 7) is 0.915. The molecule has 0 aliphatic carbocycles. The van der Waals surface area contributed by atoms with Crippen LogP contribution in [0.1, 0.15) is 5.76 Å². The lowest BCUT2D eigenvalue weighted by atomic mass is 10.1. The van der Waals surface area contributed by atoms with E-state index in [0.29, 0.717) is 16.5 Å². The number of amides is 1. The lowest BCUT2D eigenvalue weighted by Gasteiger charge is -2.10. The number of aromatic nitrogens is 1. The number of benzene rings is 2. The van der Waals surface area contributed by atoms with Crippen LogP contribution < -0.4 is 10.1 Å². The molecule has 7 nitrogen and oxygen atoms in total. The third-order valence-electron chi connectivity index (χ3n) is 3.44. The second kappa shape index (κ2) is 7.88. The number of aryl methyl sites for hydroxylation is 1. The average molecular weight is 375 g/mol. The Morgan fingerprint density at radius 2 is 1.92 bits per heavy atom. The maximum Gasteiger partial charge on any atom is 0.344 e. The zero-order valence-corrected chi connectivity index (χ0v) is 14.6. The van der Waals surface area contributed by atoms with Gasteiger partial charge in [-0.05, 0) is 19.1 Å². The summed E-state index contributed by atoms with van der Waals surface area (Å²) in [4.78, 5) is 23.5. The van der Waals surface area contributed by atoms with Gasteiger partial charge < -0.3 is 19.3 Å². The van der Waals surface area contributed by atoms with Crippen LogP contribution in [-0.2, 0) is 14.3 Å². The van der Waals surface area contributed by atoms with Crippen LogP contribution in [0.4, 0.5) is 5.82 Å². The van der Waals surface area contributed by atoms with E-state index in [1.807, 2.05) is 24.3 Å². The summed E-state index contributed by atoms with van der Waals surface area (Å²) in [5, 5.41) is 8.26. The molecule has 0 aliphatic heterocycles. The first-order valence-electron chi connectivity index (χ1n) is 7.72. The molecule has 1 amide bonds. The van der Waals surface area contributed by atoms with Crippen molar-refractivity contribution in [3.05, 3.63) is 53.2 Å². The average Bonchev–Trinajstić information content (AvgIpc) is 3.04. The summed E-state index contributed by atoms with van der Waals surface area (Å²) in [7, 11) is 0. The summed E-state index contributed by atoms with van der Waals surface area (Å²) in [6.07, 6.45) is 0. The number of anilines is 1. The molecule has 0 unspecified atom stereocenters. The topological polar surface area (TPSA) is 90.7 Å². The fraction of sp³-hybridized carbons (Fsp3) is 0.167. The van der Waals surface area contributed by atoms with Gasteiger partial charge in [0.25, 0.3) is 5.91 Å². The predicted octanol–water partition coefficient (Wildman–Crippen LogP) is 3.35. The van der Waals surface area contributed by atoms with Crippen molar-refractivity contribution in [3.8, 4) is 5.75 Å². The van der Waals surface area contributed by atoms with Gasteiger partial charge in [-0.2, -0.15) is 0 Å². The Hall–Kier alpha value is -3.06. The number of nitrogens with one attached hydrogen (secondary N) is 1. The Morgan fingerprint density at radius 3 is 2.65 bits per heavy atom. The van der Waals surface area contributed by atoms with Gasteiger partial charge in [-0.1, -0.05) is 41.0 Å². The van der Waals surface area contributed by atoms with E-state index in [1.54, 1.807) is 25.1 Å². The zero-order chi connectivity index (χ0) is 18.5. The highest BCUT2D eigenvalue weighted by Crippen LogP contribution is 2.31. The van der Waals surface area contributed by atoms with Crippen molar-refractivity contribution < 1.29 is 23.6 Å². The first-order valence-corrected chi connectivity index (χ1v) is 8.09. The Balaban J connectivity index is 1.51. The van der Waals surface area contributed by atoms with Crippen LogP contribution in [-0.4, -0.2) is 30.2 Å². The van der Waals surface area contributed by atoms with Crippen molar-refractivity contribution in [3.63, 3.8) is 0 Å². The quantitative estimate of drug-likeness (QED) is 0.665. The van der Waals surface area contributed by atoms with Gasteiger partial charge in [-0.3, -0.25) is 4.79 Å². The molecule has 3 rings (SSSR count). The van der Waals surface area contributed by atoms with Crippen LogP contribution in [0, 0.1) is 6.92 Å². The molecule has 0 spiro atoms. The van der Waals surface area contributed by atoms with Crippen LogP contribution in [0.3, 0.4) is 0 Å². The zero-order valence-electron chi connectivity index (χ0n) is 13.8. The van der Waals surface area contributed by atoms with Crippen LogP contribution in [0.25, 0.3) is 10.8 Å². The van der Waals surface area contributed by atoms with Crippen LogP contribution in [0.2, 0.25) is 5.02 Å². The third kappa shape index (κ3) is 4.31. The molecule has 0 saturated carbocycles. The number of ether oxygens (including phenoxy) is 2. The number of rotatable bonds is 6. The van der Waals surface area contributed by atoms with E-state index in [4.69, 9.17) is 25.6 Å². The highest BCUT2D eigenvalue weighted by molar-refractivity contribution is 6.35. The minimum atomic E-state index is -0.671. The molecule has 0 fully saturated rings. The SMILES string of the molecule is Cc1cc(NC(=O)COC(=O)COc2ccc(Cl)c3ccccc23)no1. The smallest absolute Gasteiger partial charge is 0.344 e. The minimum Gasteiger partial charge on any atom is -0.481 e. The standard InChI is InChI=1S/C18H15ClN2O5/c1-11-8-16(21-26-11)20-17(22)9-25-18(23)10-24-15-7-6-14(19)12-4-2-3-5-13(12)15/h2-8H,9-10H2,1H3,(H,20,21,22). The van der Waals surface area contributed by atoms with E-state index in [1.165, 1.54) is 0 Å². The lowest BCUT2D eigenvalue weighted by Crippen LogP contribution is -2.23.